The van der Waals surface area contributed by atoms with E-state index in [-0.39, 0.29) is 17.6 Å². The lowest BCUT2D eigenvalue weighted by molar-refractivity contribution is -0.0367. The average molecular weight is 226 g/mol. The molecule has 2 unspecified atom stereocenters. The summed E-state index contributed by atoms with van der Waals surface area (Å²) < 4.78 is 10.9. The number of hydrogen-bond donors (Lipinski definition) is 2. The second kappa shape index (κ2) is 5.48. The molecule has 4 heteroatoms. The first-order chi connectivity index (χ1) is 7.50. The van der Waals surface area contributed by atoms with Crippen LogP contribution in [0.2, 0.25) is 0 Å². The van der Waals surface area contributed by atoms with Crippen molar-refractivity contribution in [1.82, 2.24) is 5.43 Å². The van der Waals surface area contributed by atoms with Crippen LogP contribution in [0.3, 0.4) is 0 Å². The molecule has 0 saturated heterocycles. The summed E-state index contributed by atoms with van der Waals surface area (Å²) in [6.07, 6.45) is 3.34. The monoisotopic (exact) mass is 226 g/mol. The van der Waals surface area contributed by atoms with Crippen molar-refractivity contribution >= 4 is 0 Å². The first-order valence-corrected chi connectivity index (χ1v) is 5.60. The Kier molecular flexibility index (Phi) is 4.53. The summed E-state index contributed by atoms with van der Waals surface area (Å²) in [5.74, 6) is 5.62. The highest BCUT2D eigenvalue weighted by Gasteiger charge is 2.33. The Morgan fingerprint density at radius 3 is 2.56 bits per heavy atom. The number of furan rings is 1. The van der Waals surface area contributed by atoms with Crippen molar-refractivity contribution in [3.63, 3.8) is 0 Å². The Morgan fingerprint density at radius 2 is 2.19 bits per heavy atom. The zero-order chi connectivity index (χ0) is 12.2. The van der Waals surface area contributed by atoms with E-state index in [0.29, 0.717) is 6.61 Å². The van der Waals surface area contributed by atoms with Crippen molar-refractivity contribution in [2.75, 3.05) is 6.61 Å². The number of nitrogens with two attached hydrogens (primary N) is 1. The molecule has 0 amide bonds. The zero-order valence-corrected chi connectivity index (χ0v) is 10.5. The molecule has 1 rings (SSSR count). The molecule has 0 saturated carbocycles. The number of hydrazine groups is 1. The molecule has 16 heavy (non-hydrogen) atoms. The third-order valence-corrected chi connectivity index (χ3v) is 2.58. The lowest BCUT2D eigenvalue weighted by atomic mass is 9.83. The smallest absolute Gasteiger partial charge is 0.0951 e. The van der Waals surface area contributed by atoms with Crippen molar-refractivity contribution < 1.29 is 9.15 Å². The van der Waals surface area contributed by atoms with Gasteiger partial charge in [0.2, 0.25) is 0 Å². The Labute approximate surface area is 97.1 Å². The van der Waals surface area contributed by atoms with E-state index in [0.717, 1.165) is 5.56 Å². The molecule has 0 aliphatic heterocycles. The highest BCUT2D eigenvalue weighted by Crippen LogP contribution is 2.32. The number of ether oxygens (including phenoxy) is 1. The van der Waals surface area contributed by atoms with Crippen molar-refractivity contribution in [2.24, 2.45) is 11.3 Å². The van der Waals surface area contributed by atoms with Gasteiger partial charge in [0.25, 0.3) is 0 Å². The van der Waals surface area contributed by atoms with Gasteiger partial charge >= 0.3 is 0 Å². The maximum absolute atomic E-state index is 5.80. The highest BCUT2D eigenvalue weighted by atomic mass is 16.5. The normalized spacial score (nSPS) is 16.1. The molecule has 0 radical (unpaired) electrons. The maximum atomic E-state index is 5.80. The summed E-state index contributed by atoms with van der Waals surface area (Å²) in [5, 5.41) is 0. The van der Waals surface area contributed by atoms with Crippen molar-refractivity contribution in [2.45, 2.75) is 39.8 Å². The zero-order valence-electron chi connectivity index (χ0n) is 10.5. The van der Waals surface area contributed by atoms with Crippen LogP contribution in [0, 0.1) is 5.41 Å². The van der Waals surface area contributed by atoms with Crippen LogP contribution < -0.4 is 11.3 Å². The summed E-state index contributed by atoms with van der Waals surface area (Å²) in [7, 11) is 0. The van der Waals surface area contributed by atoms with E-state index in [4.69, 9.17) is 15.0 Å². The third-order valence-electron chi connectivity index (χ3n) is 2.58. The van der Waals surface area contributed by atoms with Crippen LogP contribution in [0.25, 0.3) is 0 Å². The fraction of sp³-hybridized carbons (Fsp3) is 0.667. The standard InChI is InChI=1S/C12H22N2O2/c1-5-16-11(12(2,3)4)10(14-13)9-6-7-15-8-9/h6-8,10-11,14H,5,13H2,1-4H3. The molecule has 0 aliphatic rings. The van der Waals surface area contributed by atoms with Crippen LogP contribution in [0.4, 0.5) is 0 Å². The number of rotatable bonds is 5. The molecule has 92 valence electrons. The van der Waals surface area contributed by atoms with Gasteiger partial charge in [0.15, 0.2) is 0 Å². The number of nitrogens with one attached hydrogen (secondary N) is 1. The molecule has 1 heterocycles. The Hall–Kier alpha value is -0.840. The highest BCUT2D eigenvalue weighted by molar-refractivity contribution is 5.14. The Morgan fingerprint density at radius 1 is 1.50 bits per heavy atom. The molecular formula is C12H22N2O2. The molecule has 0 fully saturated rings. The lowest BCUT2D eigenvalue weighted by Crippen LogP contribution is -2.44. The van der Waals surface area contributed by atoms with Gasteiger partial charge in [0, 0.05) is 12.2 Å². The topological polar surface area (TPSA) is 60.4 Å². The molecule has 3 N–H and O–H groups in total. The Balaban J connectivity index is 2.90. The van der Waals surface area contributed by atoms with Gasteiger partial charge in [0.1, 0.15) is 0 Å². The van der Waals surface area contributed by atoms with Gasteiger partial charge in [-0.1, -0.05) is 20.8 Å². The second-order valence-electron chi connectivity index (χ2n) is 4.94. The summed E-state index contributed by atoms with van der Waals surface area (Å²) in [5.41, 5.74) is 3.83. The van der Waals surface area contributed by atoms with Crippen molar-refractivity contribution in [3.05, 3.63) is 24.2 Å². The van der Waals surface area contributed by atoms with Gasteiger partial charge in [-0.2, -0.15) is 0 Å². The van der Waals surface area contributed by atoms with E-state index in [1.807, 2.05) is 13.0 Å². The largest absolute Gasteiger partial charge is 0.472 e. The van der Waals surface area contributed by atoms with E-state index in [1.165, 1.54) is 0 Å². The molecule has 0 spiro atoms. The van der Waals surface area contributed by atoms with Gasteiger partial charge in [-0.05, 0) is 18.4 Å². The van der Waals surface area contributed by atoms with E-state index in [2.05, 4.69) is 26.2 Å². The van der Waals surface area contributed by atoms with E-state index in [9.17, 15) is 0 Å². The van der Waals surface area contributed by atoms with Crippen molar-refractivity contribution in [3.8, 4) is 0 Å². The minimum atomic E-state index is -0.0568. The SMILES string of the molecule is CCOC(C(NN)c1ccoc1)C(C)(C)C. The molecular weight excluding hydrogens is 204 g/mol. The summed E-state index contributed by atoms with van der Waals surface area (Å²) in [4.78, 5) is 0. The van der Waals surface area contributed by atoms with E-state index < -0.39 is 0 Å². The van der Waals surface area contributed by atoms with Crippen LogP contribution >= 0.6 is 0 Å². The molecule has 1 aromatic heterocycles. The minimum absolute atomic E-state index is 0.0000926. The first kappa shape index (κ1) is 13.2. The van der Waals surface area contributed by atoms with Crippen LogP contribution in [0.1, 0.15) is 39.3 Å². The van der Waals surface area contributed by atoms with Gasteiger partial charge in [-0.25, -0.2) is 0 Å². The van der Waals surface area contributed by atoms with Gasteiger partial charge in [-0.15, -0.1) is 0 Å². The molecule has 0 aliphatic carbocycles. The Bertz CT molecular complexity index is 290. The number of hydrogen-bond acceptors (Lipinski definition) is 4. The second-order valence-corrected chi connectivity index (χ2v) is 4.94. The van der Waals surface area contributed by atoms with Gasteiger partial charge in [0.05, 0.1) is 24.7 Å². The molecule has 0 aromatic carbocycles. The molecule has 2 atom stereocenters. The summed E-state index contributed by atoms with van der Waals surface area (Å²) >= 11 is 0. The minimum Gasteiger partial charge on any atom is -0.472 e. The molecule has 0 bridgehead atoms. The van der Waals surface area contributed by atoms with Crippen molar-refractivity contribution in [1.29, 1.82) is 0 Å². The van der Waals surface area contributed by atoms with E-state index >= 15 is 0 Å². The molecule has 4 nitrogen and oxygen atoms in total. The summed E-state index contributed by atoms with van der Waals surface area (Å²) in [6, 6.07) is 1.85. The third kappa shape index (κ3) is 3.07. The van der Waals surface area contributed by atoms with Gasteiger partial charge < -0.3 is 9.15 Å². The van der Waals surface area contributed by atoms with Crippen LogP contribution in [0.15, 0.2) is 23.0 Å². The van der Waals surface area contributed by atoms with Gasteiger partial charge in [-0.3, -0.25) is 11.3 Å². The first-order valence-electron chi connectivity index (χ1n) is 5.60. The predicted molar refractivity (Wildman–Crippen MR) is 63.6 cm³/mol. The summed E-state index contributed by atoms with van der Waals surface area (Å²) in [6.45, 7) is 9.06. The van der Waals surface area contributed by atoms with E-state index in [1.54, 1.807) is 12.5 Å². The fourth-order valence-electron chi connectivity index (χ4n) is 1.84. The quantitative estimate of drug-likeness (QED) is 0.597. The molecule has 1 aromatic rings. The fourth-order valence-corrected chi connectivity index (χ4v) is 1.84. The average Bonchev–Trinajstić information content (AvgIpc) is 2.69. The van der Waals surface area contributed by atoms with Crippen LogP contribution in [-0.4, -0.2) is 12.7 Å². The lowest BCUT2D eigenvalue weighted by Gasteiger charge is -2.36. The van der Waals surface area contributed by atoms with Crippen LogP contribution in [-0.2, 0) is 4.74 Å². The predicted octanol–water partition coefficient (Wildman–Crippen LogP) is 2.24. The maximum Gasteiger partial charge on any atom is 0.0951 e. The van der Waals surface area contributed by atoms with Crippen LogP contribution in [0.5, 0.6) is 0 Å².